The molecule has 1 aromatic heterocycles. The number of benzene rings is 1. The van der Waals surface area contributed by atoms with Gasteiger partial charge in [-0.3, -0.25) is 4.79 Å². The second-order valence-electron chi connectivity index (χ2n) is 9.17. The van der Waals surface area contributed by atoms with Crippen LogP contribution in [0.1, 0.15) is 61.7 Å². The van der Waals surface area contributed by atoms with E-state index in [1.54, 1.807) is 0 Å². The molecule has 4 aliphatic rings. The molecule has 2 aromatic rings. The zero-order valence-corrected chi connectivity index (χ0v) is 15.8. The molecule has 4 heteroatoms. The largest absolute Gasteiger partial charge is 0.347 e. The summed E-state index contributed by atoms with van der Waals surface area (Å²) in [6.45, 7) is 0.777. The van der Waals surface area contributed by atoms with Gasteiger partial charge in [-0.05, 0) is 68.8 Å². The lowest BCUT2D eigenvalue weighted by Gasteiger charge is -2.56. The maximum absolute atomic E-state index is 13.3. The first-order valence-corrected chi connectivity index (χ1v) is 10.4. The average Bonchev–Trinajstić information content (AvgIpc) is 3.00. The fraction of sp³-hybridized carbons (Fsp3) is 0.565. The van der Waals surface area contributed by atoms with E-state index in [0.717, 1.165) is 47.2 Å². The zero-order valence-electron chi connectivity index (χ0n) is 15.8. The van der Waals surface area contributed by atoms with Gasteiger partial charge in [-0.1, -0.05) is 18.2 Å². The van der Waals surface area contributed by atoms with Gasteiger partial charge in [-0.15, -0.1) is 0 Å². The lowest BCUT2D eigenvalue weighted by Crippen LogP contribution is -2.59. The Morgan fingerprint density at radius 1 is 1.15 bits per heavy atom. The minimum absolute atomic E-state index is 0.0375. The molecule has 0 atom stereocenters. The Kier molecular flexibility index (Phi) is 4.00. The minimum Gasteiger partial charge on any atom is -0.347 e. The molecule has 0 radical (unpaired) electrons. The van der Waals surface area contributed by atoms with Crippen molar-refractivity contribution in [3.8, 4) is 6.07 Å². The highest BCUT2D eigenvalue weighted by Gasteiger charge is 2.51. The molecule has 0 aliphatic heterocycles. The van der Waals surface area contributed by atoms with Crippen LogP contribution in [-0.2, 0) is 6.54 Å². The Labute approximate surface area is 160 Å². The highest BCUT2D eigenvalue weighted by Crippen LogP contribution is 2.55. The molecule has 1 N–H and O–H groups in total. The van der Waals surface area contributed by atoms with Crippen LogP contribution >= 0.6 is 0 Å². The van der Waals surface area contributed by atoms with Gasteiger partial charge in [0.15, 0.2) is 0 Å². The summed E-state index contributed by atoms with van der Waals surface area (Å²) in [5.74, 6) is 2.56. The standard InChI is InChI=1S/C23H27N3O/c24-7-3-4-8-26-15-20(19-5-1-2-6-21(19)26)22(27)25-23-12-16-9-17(13-23)11-18(10-16)14-23/h1-2,5-6,15-18H,3-4,8-14H2,(H,25,27). The summed E-state index contributed by atoms with van der Waals surface area (Å²) < 4.78 is 2.14. The summed E-state index contributed by atoms with van der Waals surface area (Å²) in [4.78, 5) is 13.3. The monoisotopic (exact) mass is 361 g/mol. The number of amides is 1. The van der Waals surface area contributed by atoms with Crippen LogP contribution in [-0.4, -0.2) is 16.0 Å². The van der Waals surface area contributed by atoms with Crippen LogP contribution in [0.5, 0.6) is 0 Å². The molecule has 4 saturated carbocycles. The molecule has 4 bridgehead atoms. The number of aromatic nitrogens is 1. The second-order valence-corrected chi connectivity index (χ2v) is 9.17. The first kappa shape index (κ1) is 16.9. The first-order chi connectivity index (χ1) is 13.2. The summed E-state index contributed by atoms with van der Waals surface area (Å²) >= 11 is 0. The molecular formula is C23H27N3O. The van der Waals surface area contributed by atoms with Gasteiger partial charge < -0.3 is 9.88 Å². The average molecular weight is 361 g/mol. The number of nitriles is 1. The quantitative estimate of drug-likeness (QED) is 0.789. The van der Waals surface area contributed by atoms with Crippen molar-refractivity contribution in [1.82, 2.24) is 9.88 Å². The SMILES string of the molecule is N#CCCCn1cc(C(=O)NC23CC4CC(CC(C4)C2)C3)c2ccccc21. The maximum atomic E-state index is 13.3. The Morgan fingerprint density at radius 3 is 2.48 bits per heavy atom. The Morgan fingerprint density at radius 2 is 1.81 bits per heavy atom. The van der Waals surface area contributed by atoms with E-state index in [1.807, 2.05) is 24.4 Å². The summed E-state index contributed by atoms with van der Waals surface area (Å²) in [7, 11) is 0. The zero-order chi connectivity index (χ0) is 18.4. The third kappa shape index (κ3) is 2.94. The van der Waals surface area contributed by atoms with Gasteiger partial charge in [0.05, 0.1) is 11.6 Å². The first-order valence-electron chi connectivity index (χ1n) is 10.4. The van der Waals surface area contributed by atoms with Crippen molar-refractivity contribution in [3.05, 3.63) is 36.0 Å². The predicted octanol–water partition coefficient (Wildman–Crippen LogP) is 4.64. The lowest BCUT2D eigenvalue weighted by molar-refractivity contribution is -0.0166. The third-order valence-electron chi connectivity index (χ3n) is 7.14. The molecule has 140 valence electrons. The molecular weight excluding hydrogens is 334 g/mol. The van der Waals surface area contributed by atoms with Gasteiger partial charge in [0.25, 0.3) is 5.91 Å². The van der Waals surface area contributed by atoms with Crippen molar-refractivity contribution in [2.75, 3.05) is 0 Å². The van der Waals surface area contributed by atoms with Gasteiger partial charge in [-0.2, -0.15) is 5.26 Å². The van der Waals surface area contributed by atoms with Crippen LogP contribution in [0.3, 0.4) is 0 Å². The second kappa shape index (κ2) is 6.41. The molecule has 4 nitrogen and oxygen atoms in total. The van der Waals surface area contributed by atoms with Gasteiger partial charge in [0.2, 0.25) is 0 Å². The summed E-state index contributed by atoms with van der Waals surface area (Å²) in [6, 6.07) is 10.3. The van der Waals surface area contributed by atoms with Crippen LogP contribution < -0.4 is 5.32 Å². The normalized spacial score (nSPS) is 31.1. The van der Waals surface area contributed by atoms with E-state index in [0.29, 0.717) is 6.42 Å². The fourth-order valence-corrected chi connectivity index (χ4v) is 6.51. The van der Waals surface area contributed by atoms with Gasteiger partial charge in [-0.25, -0.2) is 0 Å². The van der Waals surface area contributed by atoms with Crippen molar-refractivity contribution < 1.29 is 4.79 Å². The molecule has 1 amide bonds. The molecule has 0 spiro atoms. The van der Waals surface area contributed by atoms with Crippen LogP contribution in [0.4, 0.5) is 0 Å². The van der Waals surface area contributed by atoms with Crippen LogP contribution in [0.15, 0.2) is 30.5 Å². The van der Waals surface area contributed by atoms with Crippen molar-refractivity contribution in [2.45, 2.75) is 63.5 Å². The van der Waals surface area contributed by atoms with E-state index in [4.69, 9.17) is 5.26 Å². The van der Waals surface area contributed by atoms with Crippen molar-refractivity contribution in [1.29, 1.82) is 5.26 Å². The number of hydrogen-bond donors (Lipinski definition) is 1. The molecule has 4 fully saturated rings. The van der Waals surface area contributed by atoms with E-state index >= 15 is 0 Å². The number of aryl methyl sites for hydroxylation is 1. The predicted molar refractivity (Wildman–Crippen MR) is 105 cm³/mol. The van der Waals surface area contributed by atoms with E-state index in [1.165, 1.54) is 38.5 Å². The number of unbranched alkanes of at least 4 members (excludes halogenated alkanes) is 1. The Balaban J connectivity index is 1.42. The number of para-hydroxylation sites is 1. The molecule has 6 rings (SSSR count). The summed E-state index contributed by atoms with van der Waals surface area (Å²) in [5.41, 5.74) is 1.92. The Hall–Kier alpha value is -2.28. The number of carbonyl (C=O) groups excluding carboxylic acids is 1. The van der Waals surface area contributed by atoms with E-state index < -0.39 is 0 Å². The van der Waals surface area contributed by atoms with Gasteiger partial charge in [0, 0.05) is 35.6 Å². The van der Waals surface area contributed by atoms with Crippen LogP contribution in [0.2, 0.25) is 0 Å². The fourth-order valence-electron chi connectivity index (χ4n) is 6.51. The number of nitrogens with one attached hydrogen (secondary N) is 1. The minimum atomic E-state index is 0.0375. The highest BCUT2D eigenvalue weighted by molar-refractivity contribution is 6.07. The molecule has 0 unspecified atom stereocenters. The molecule has 1 heterocycles. The lowest BCUT2D eigenvalue weighted by atomic mass is 9.53. The maximum Gasteiger partial charge on any atom is 0.253 e. The molecule has 4 aliphatic carbocycles. The molecule has 1 aromatic carbocycles. The van der Waals surface area contributed by atoms with Crippen molar-refractivity contribution >= 4 is 16.8 Å². The topological polar surface area (TPSA) is 57.8 Å². The van der Waals surface area contributed by atoms with Crippen molar-refractivity contribution in [3.63, 3.8) is 0 Å². The number of fused-ring (bicyclic) bond motifs is 1. The summed E-state index contributed by atoms with van der Waals surface area (Å²) in [6.07, 6.45) is 11.0. The number of rotatable bonds is 5. The Bertz CT molecular complexity index is 884. The number of hydrogen-bond acceptors (Lipinski definition) is 2. The summed E-state index contributed by atoms with van der Waals surface area (Å²) in [5, 5.41) is 13.4. The number of nitrogens with zero attached hydrogens (tertiary/aromatic N) is 2. The molecule has 27 heavy (non-hydrogen) atoms. The number of carbonyl (C=O) groups is 1. The van der Waals surface area contributed by atoms with Crippen LogP contribution in [0, 0.1) is 29.1 Å². The van der Waals surface area contributed by atoms with E-state index in [2.05, 4.69) is 22.0 Å². The van der Waals surface area contributed by atoms with Gasteiger partial charge in [0.1, 0.15) is 0 Å². The van der Waals surface area contributed by atoms with E-state index in [9.17, 15) is 4.79 Å². The third-order valence-corrected chi connectivity index (χ3v) is 7.14. The van der Waals surface area contributed by atoms with Crippen molar-refractivity contribution in [2.24, 2.45) is 17.8 Å². The van der Waals surface area contributed by atoms with Gasteiger partial charge >= 0.3 is 0 Å². The van der Waals surface area contributed by atoms with Crippen LogP contribution in [0.25, 0.3) is 10.9 Å². The van der Waals surface area contributed by atoms with E-state index in [-0.39, 0.29) is 11.4 Å². The molecule has 0 saturated heterocycles. The highest BCUT2D eigenvalue weighted by atomic mass is 16.1. The smallest absolute Gasteiger partial charge is 0.253 e.